The minimum absolute atomic E-state index is 0.606. The molecule has 0 bridgehead atoms. The molecule has 2 heterocycles. The summed E-state index contributed by atoms with van der Waals surface area (Å²) >= 11 is 5.14. The summed E-state index contributed by atoms with van der Waals surface area (Å²) in [6.07, 6.45) is 1.78. The number of benzene rings is 1. The van der Waals surface area contributed by atoms with Crippen molar-refractivity contribution in [3.05, 3.63) is 58.0 Å². The maximum atomic E-state index is 4.60. The molecule has 6 heteroatoms. The van der Waals surface area contributed by atoms with Crippen LogP contribution >= 0.6 is 27.3 Å². The topological polar surface area (TPSA) is 41.0 Å². The van der Waals surface area contributed by atoms with E-state index in [1.165, 1.54) is 5.56 Å². The van der Waals surface area contributed by atoms with Crippen LogP contribution in [-0.2, 0) is 6.54 Å². The highest BCUT2D eigenvalue weighted by atomic mass is 79.9. The lowest BCUT2D eigenvalue weighted by molar-refractivity contribution is 0.402. The second kappa shape index (κ2) is 7.21. The third-order valence-electron chi connectivity index (χ3n) is 3.16. The van der Waals surface area contributed by atoms with Crippen LogP contribution in [0.2, 0.25) is 0 Å². The van der Waals surface area contributed by atoms with Gasteiger partial charge in [0.05, 0.1) is 14.4 Å². The van der Waals surface area contributed by atoms with Gasteiger partial charge in [0.15, 0.2) is 0 Å². The number of thiophene rings is 1. The van der Waals surface area contributed by atoms with Gasteiger partial charge in [-0.25, -0.2) is 9.97 Å². The fraction of sp³-hybridized carbons (Fsp3) is 0.176. The van der Waals surface area contributed by atoms with Crippen molar-refractivity contribution in [2.24, 2.45) is 0 Å². The van der Waals surface area contributed by atoms with Crippen molar-refractivity contribution in [1.82, 2.24) is 14.9 Å². The average molecular weight is 389 g/mol. The van der Waals surface area contributed by atoms with Crippen molar-refractivity contribution in [3.63, 3.8) is 0 Å². The van der Waals surface area contributed by atoms with E-state index in [0.29, 0.717) is 5.95 Å². The molecule has 0 unspecified atom stereocenters. The lowest BCUT2D eigenvalue weighted by atomic mass is 10.2. The molecule has 0 aliphatic heterocycles. The summed E-state index contributed by atoms with van der Waals surface area (Å²) in [6.45, 7) is 0.902. The van der Waals surface area contributed by atoms with Crippen molar-refractivity contribution in [3.8, 4) is 10.6 Å². The second-order valence-corrected chi connectivity index (χ2v) is 7.90. The van der Waals surface area contributed by atoms with Gasteiger partial charge in [0, 0.05) is 18.4 Å². The number of hydrogen-bond donors (Lipinski definition) is 1. The number of aromatic nitrogens is 2. The number of halogens is 1. The molecule has 0 atom stereocenters. The Labute approximate surface area is 148 Å². The summed E-state index contributed by atoms with van der Waals surface area (Å²) in [5, 5.41) is 3.29. The highest BCUT2D eigenvalue weighted by Gasteiger charge is 2.06. The Bertz CT molecular complexity index is 801. The summed E-state index contributed by atoms with van der Waals surface area (Å²) in [5.74, 6) is 0.606. The molecule has 118 valence electrons. The van der Waals surface area contributed by atoms with Gasteiger partial charge >= 0.3 is 0 Å². The quantitative estimate of drug-likeness (QED) is 0.682. The molecule has 3 rings (SSSR count). The number of rotatable bonds is 5. The lowest BCUT2D eigenvalue weighted by Gasteiger charge is -2.11. The molecule has 0 aliphatic rings. The van der Waals surface area contributed by atoms with E-state index in [9.17, 15) is 0 Å². The van der Waals surface area contributed by atoms with Crippen LogP contribution in [0.3, 0.4) is 0 Å². The summed E-state index contributed by atoms with van der Waals surface area (Å²) in [7, 11) is 4.12. The van der Waals surface area contributed by atoms with E-state index in [0.717, 1.165) is 26.6 Å². The maximum Gasteiger partial charge on any atom is 0.227 e. The standard InChI is InChI=1S/C17H17BrN4S/c1-22(2)11-12-4-3-5-13(10-12)20-17-19-9-8-14(21-17)15-6-7-16(18)23-15/h3-10H,11H2,1-2H3,(H,19,20,21). The Balaban J connectivity index is 1.80. The van der Waals surface area contributed by atoms with E-state index in [1.54, 1.807) is 17.5 Å². The Kier molecular flexibility index (Phi) is 5.05. The molecule has 2 aromatic heterocycles. The van der Waals surface area contributed by atoms with Crippen LogP contribution in [0.25, 0.3) is 10.6 Å². The molecule has 0 amide bonds. The summed E-state index contributed by atoms with van der Waals surface area (Å²) in [5.41, 5.74) is 3.16. The molecule has 0 spiro atoms. The highest BCUT2D eigenvalue weighted by molar-refractivity contribution is 9.11. The van der Waals surface area contributed by atoms with Crippen LogP contribution < -0.4 is 5.32 Å². The molecule has 0 saturated carbocycles. The van der Waals surface area contributed by atoms with E-state index in [4.69, 9.17) is 0 Å². The molecule has 4 nitrogen and oxygen atoms in total. The first-order chi connectivity index (χ1) is 11.1. The number of hydrogen-bond acceptors (Lipinski definition) is 5. The third-order valence-corrected chi connectivity index (χ3v) is 4.81. The van der Waals surface area contributed by atoms with Crippen LogP contribution in [0.4, 0.5) is 11.6 Å². The van der Waals surface area contributed by atoms with Crippen molar-refractivity contribution < 1.29 is 0 Å². The zero-order valence-corrected chi connectivity index (χ0v) is 15.4. The number of anilines is 2. The number of nitrogens with one attached hydrogen (secondary N) is 1. The van der Waals surface area contributed by atoms with E-state index in [-0.39, 0.29) is 0 Å². The van der Waals surface area contributed by atoms with Crippen LogP contribution in [0.15, 0.2) is 52.4 Å². The van der Waals surface area contributed by atoms with Crippen LogP contribution in [0.5, 0.6) is 0 Å². The summed E-state index contributed by atoms with van der Waals surface area (Å²) < 4.78 is 1.09. The Morgan fingerprint density at radius 3 is 2.78 bits per heavy atom. The average Bonchev–Trinajstić information content (AvgIpc) is 2.94. The molecule has 23 heavy (non-hydrogen) atoms. The predicted molar refractivity (Wildman–Crippen MR) is 100 cm³/mol. The van der Waals surface area contributed by atoms with Crippen LogP contribution in [0.1, 0.15) is 5.56 Å². The fourth-order valence-electron chi connectivity index (χ4n) is 2.25. The van der Waals surface area contributed by atoms with Gasteiger partial charge in [0.1, 0.15) is 0 Å². The molecule has 3 aromatic rings. The van der Waals surface area contributed by atoms with E-state index < -0.39 is 0 Å². The van der Waals surface area contributed by atoms with E-state index in [2.05, 4.69) is 68.4 Å². The second-order valence-electron chi connectivity index (χ2n) is 5.43. The van der Waals surface area contributed by atoms with Crippen molar-refractivity contribution >= 4 is 38.9 Å². The van der Waals surface area contributed by atoms with Gasteiger partial charge in [0.2, 0.25) is 5.95 Å². The van der Waals surface area contributed by atoms with Crippen LogP contribution in [0, 0.1) is 0 Å². The summed E-state index contributed by atoms with van der Waals surface area (Å²) in [4.78, 5) is 12.2. The van der Waals surface area contributed by atoms with E-state index in [1.807, 2.05) is 24.3 Å². The zero-order valence-electron chi connectivity index (χ0n) is 13.0. The smallest absolute Gasteiger partial charge is 0.227 e. The fourth-order valence-corrected chi connectivity index (χ4v) is 3.61. The Morgan fingerprint density at radius 1 is 1.17 bits per heavy atom. The Morgan fingerprint density at radius 2 is 2.04 bits per heavy atom. The van der Waals surface area contributed by atoms with Gasteiger partial charge < -0.3 is 10.2 Å². The predicted octanol–water partition coefficient (Wildman–Crippen LogP) is 4.77. The van der Waals surface area contributed by atoms with Crippen molar-refractivity contribution in [1.29, 1.82) is 0 Å². The molecule has 0 aliphatic carbocycles. The first-order valence-corrected chi connectivity index (χ1v) is 8.80. The lowest BCUT2D eigenvalue weighted by Crippen LogP contribution is -2.10. The monoisotopic (exact) mass is 388 g/mol. The first kappa shape index (κ1) is 16.1. The van der Waals surface area contributed by atoms with Gasteiger partial charge in [-0.15, -0.1) is 11.3 Å². The minimum Gasteiger partial charge on any atom is -0.324 e. The van der Waals surface area contributed by atoms with Crippen molar-refractivity contribution in [2.75, 3.05) is 19.4 Å². The zero-order chi connectivity index (χ0) is 16.2. The van der Waals surface area contributed by atoms with Gasteiger partial charge in [0.25, 0.3) is 0 Å². The largest absolute Gasteiger partial charge is 0.324 e. The molecule has 0 radical (unpaired) electrons. The normalized spacial score (nSPS) is 11.0. The third kappa shape index (κ3) is 4.37. The van der Waals surface area contributed by atoms with E-state index >= 15 is 0 Å². The van der Waals surface area contributed by atoms with Gasteiger partial charge in [-0.1, -0.05) is 12.1 Å². The maximum absolute atomic E-state index is 4.60. The van der Waals surface area contributed by atoms with Crippen molar-refractivity contribution in [2.45, 2.75) is 6.54 Å². The molecular weight excluding hydrogens is 372 g/mol. The highest BCUT2D eigenvalue weighted by Crippen LogP contribution is 2.30. The molecular formula is C17H17BrN4S. The van der Waals surface area contributed by atoms with Gasteiger partial charge in [-0.3, -0.25) is 0 Å². The SMILES string of the molecule is CN(C)Cc1cccc(Nc2nccc(-c3ccc(Br)s3)n2)c1. The minimum atomic E-state index is 0.606. The molecule has 1 aromatic carbocycles. The first-order valence-electron chi connectivity index (χ1n) is 7.19. The molecule has 1 N–H and O–H groups in total. The van der Waals surface area contributed by atoms with Gasteiger partial charge in [-0.2, -0.15) is 0 Å². The molecule has 0 fully saturated rings. The molecule has 0 saturated heterocycles. The Hall–Kier alpha value is -1.76. The van der Waals surface area contributed by atoms with Gasteiger partial charge in [-0.05, 0) is 65.9 Å². The van der Waals surface area contributed by atoms with Crippen LogP contribution in [-0.4, -0.2) is 29.0 Å². The number of nitrogens with zero attached hydrogens (tertiary/aromatic N) is 3. The summed E-state index contributed by atoms with van der Waals surface area (Å²) in [6, 6.07) is 14.3.